The summed E-state index contributed by atoms with van der Waals surface area (Å²) in [6, 6.07) is 20.7. The predicted octanol–water partition coefficient (Wildman–Crippen LogP) is 1.44. The van der Waals surface area contributed by atoms with Gasteiger partial charge in [0.25, 0.3) is 0 Å². The zero-order chi connectivity index (χ0) is 31.2. The first-order chi connectivity index (χ1) is 20.7. The summed E-state index contributed by atoms with van der Waals surface area (Å²) in [4.78, 5) is 52.3. The fourth-order valence-electron chi connectivity index (χ4n) is 4.44. The number of carbonyl (C=O) groups is 4. The summed E-state index contributed by atoms with van der Waals surface area (Å²) in [7, 11) is 0. The van der Waals surface area contributed by atoms with Crippen molar-refractivity contribution in [2.24, 2.45) is 11.5 Å². The van der Waals surface area contributed by atoms with Crippen molar-refractivity contribution in [1.29, 1.82) is 0 Å². The van der Waals surface area contributed by atoms with Crippen LogP contribution in [0.4, 0.5) is 0 Å². The van der Waals surface area contributed by atoms with Gasteiger partial charge in [-0.2, -0.15) is 11.8 Å². The van der Waals surface area contributed by atoms with Crippen LogP contribution in [0.15, 0.2) is 84.9 Å². The lowest BCUT2D eigenvalue weighted by molar-refractivity contribution is -0.133. The Morgan fingerprint density at radius 1 is 0.674 bits per heavy atom. The highest BCUT2D eigenvalue weighted by molar-refractivity contribution is 7.98. The van der Waals surface area contributed by atoms with Gasteiger partial charge in [-0.15, -0.1) is 0 Å². The molecule has 10 nitrogen and oxygen atoms in total. The Kier molecular flexibility index (Phi) is 13.1. The maximum absolute atomic E-state index is 13.6. The monoisotopic (exact) mass is 605 g/mol. The Morgan fingerprint density at radius 3 is 1.70 bits per heavy atom. The number of phenols is 1. The summed E-state index contributed by atoms with van der Waals surface area (Å²) in [6.07, 6.45) is 2.72. The number of thioether (sulfide) groups is 1. The first-order valence-corrected chi connectivity index (χ1v) is 15.4. The number of rotatable bonds is 16. The van der Waals surface area contributed by atoms with Gasteiger partial charge in [0, 0.05) is 12.8 Å². The van der Waals surface area contributed by atoms with Gasteiger partial charge in [-0.05, 0) is 53.7 Å². The van der Waals surface area contributed by atoms with Gasteiger partial charge < -0.3 is 32.5 Å². The molecule has 0 saturated heterocycles. The molecular formula is C32H39N5O5S. The average Bonchev–Trinajstić information content (AvgIpc) is 3.00. The molecule has 228 valence electrons. The van der Waals surface area contributed by atoms with E-state index >= 15 is 0 Å². The van der Waals surface area contributed by atoms with Crippen molar-refractivity contribution in [3.05, 3.63) is 102 Å². The van der Waals surface area contributed by atoms with Gasteiger partial charge in [0.1, 0.15) is 23.9 Å². The smallest absolute Gasteiger partial charge is 0.243 e. The van der Waals surface area contributed by atoms with Gasteiger partial charge in [0.15, 0.2) is 0 Å². The summed E-state index contributed by atoms with van der Waals surface area (Å²) in [5.41, 5.74) is 14.2. The second-order valence-corrected chi connectivity index (χ2v) is 11.2. The first-order valence-electron chi connectivity index (χ1n) is 14.0. The third-order valence-corrected chi connectivity index (χ3v) is 7.47. The number of phenolic OH excluding ortho intramolecular Hbond substituents is 1. The fourth-order valence-corrected chi connectivity index (χ4v) is 4.91. The molecule has 0 spiro atoms. The standard InChI is InChI=1S/C32H39N5O5S/c1-43-17-16-26(31(41)36-27(29(34)39)19-22-10-6-3-7-11-22)35-32(42)28(20-23-12-14-24(38)15-13-23)37-30(40)25(33)18-21-8-4-2-5-9-21/h2-15,25-28,38H,16-20,33H2,1H3,(H2,34,39)(H,35,42)(H,36,41)(H,37,40)/t25-,26+,27-,28-/m0/s1. The van der Waals surface area contributed by atoms with Crippen molar-refractivity contribution >= 4 is 35.4 Å². The molecule has 11 heteroatoms. The molecule has 0 aliphatic carbocycles. The molecule has 0 bridgehead atoms. The van der Waals surface area contributed by atoms with Crippen LogP contribution in [0.1, 0.15) is 23.1 Å². The predicted molar refractivity (Wildman–Crippen MR) is 168 cm³/mol. The van der Waals surface area contributed by atoms with Crippen molar-refractivity contribution < 1.29 is 24.3 Å². The van der Waals surface area contributed by atoms with Crippen LogP contribution < -0.4 is 27.4 Å². The third kappa shape index (κ3) is 11.1. The van der Waals surface area contributed by atoms with Gasteiger partial charge in [-0.1, -0.05) is 72.8 Å². The molecule has 0 aliphatic rings. The minimum atomic E-state index is -1.07. The van der Waals surface area contributed by atoms with E-state index in [2.05, 4.69) is 16.0 Å². The molecule has 0 unspecified atom stereocenters. The summed E-state index contributed by atoms with van der Waals surface area (Å²) < 4.78 is 0. The Morgan fingerprint density at radius 2 is 1.14 bits per heavy atom. The highest BCUT2D eigenvalue weighted by Gasteiger charge is 2.30. The van der Waals surface area contributed by atoms with Crippen LogP contribution in [0.3, 0.4) is 0 Å². The number of amides is 4. The molecule has 0 saturated carbocycles. The summed E-state index contributed by atoms with van der Waals surface area (Å²) in [6.45, 7) is 0. The number of hydrogen-bond donors (Lipinski definition) is 6. The molecule has 3 aromatic rings. The molecule has 0 fully saturated rings. The highest BCUT2D eigenvalue weighted by atomic mass is 32.2. The molecule has 0 aromatic heterocycles. The molecule has 0 aliphatic heterocycles. The van der Waals surface area contributed by atoms with E-state index in [-0.39, 0.29) is 31.4 Å². The third-order valence-electron chi connectivity index (χ3n) is 6.83. The summed E-state index contributed by atoms with van der Waals surface area (Å²) in [5, 5.41) is 17.9. The lowest BCUT2D eigenvalue weighted by atomic mass is 10.0. The highest BCUT2D eigenvalue weighted by Crippen LogP contribution is 2.13. The Balaban J connectivity index is 1.76. The minimum Gasteiger partial charge on any atom is -0.508 e. The zero-order valence-corrected chi connectivity index (χ0v) is 24.9. The molecule has 0 radical (unpaired) electrons. The van der Waals surface area contributed by atoms with E-state index in [1.807, 2.05) is 66.9 Å². The molecule has 3 aromatic carbocycles. The molecule has 43 heavy (non-hydrogen) atoms. The largest absolute Gasteiger partial charge is 0.508 e. The van der Waals surface area contributed by atoms with Crippen LogP contribution in [-0.2, 0) is 38.4 Å². The number of nitrogens with two attached hydrogens (primary N) is 2. The van der Waals surface area contributed by atoms with E-state index in [1.165, 1.54) is 23.9 Å². The SMILES string of the molecule is CSCC[C@@H](NC(=O)[C@H](Cc1ccc(O)cc1)NC(=O)[C@@H](N)Cc1ccccc1)C(=O)N[C@@H](Cc1ccccc1)C(N)=O. The van der Waals surface area contributed by atoms with Crippen LogP contribution in [0.5, 0.6) is 5.75 Å². The minimum absolute atomic E-state index is 0.0620. The topological polar surface area (TPSA) is 177 Å². The number of carbonyl (C=O) groups excluding carboxylic acids is 4. The summed E-state index contributed by atoms with van der Waals surface area (Å²) in [5.74, 6) is -1.76. The second-order valence-electron chi connectivity index (χ2n) is 10.2. The van der Waals surface area contributed by atoms with Crippen molar-refractivity contribution in [2.75, 3.05) is 12.0 Å². The maximum Gasteiger partial charge on any atom is 0.243 e. The van der Waals surface area contributed by atoms with Gasteiger partial charge in [0.05, 0.1) is 6.04 Å². The van der Waals surface area contributed by atoms with E-state index in [4.69, 9.17) is 11.5 Å². The number of hydrogen-bond acceptors (Lipinski definition) is 7. The molecule has 3 rings (SSSR count). The van der Waals surface area contributed by atoms with Gasteiger partial charge in [-0.3, -0.25) is 19.2 Å². The average molecular weight is 606 g/mol. The number of aromatic hydroxyl groups is 1. The molecule has 8 N–H and O–H groups in total. The van der Waals surface area contributed by atoms with Crippen molar-refractivity contribution in [1.82, 2.24) is 16.0 Å². The number of nitrogens with one attached hydrogen (secondary N) is 3. The van der Waals surface area contributed by atoms with E-state index in [0.717, 1.165) is 11.1 Å². The van der Waals surface area contributed by atoms with Crippen LogP contribution >= 0.6 is 11.8 Å². The molecule has 0 heterocycles. The fraction of sp³-hybridized carbons (Fsp3) is 0.312. The Hall–Kier alpha value is -4.35. The maximum atomic E-state index is 13.6. The summed E-state index contributed by atoms with van der Waals surface area (Å²) >= 11 is 1.50. The van der Waals surface area contributed by atoms with E-state index in [9.17, 15) is 24.3 Å². The van der Waals surface area contributed by atoms with Crippen molar-refractivity contribution in [2.45, 2.75) is 49.9 Å². The van der Waals surface area contributed by atoms with Crippen LogP contribution in [0, 0.1) is 0 Å². The zero-order valence-electron chi connectivity index (χ0n) is 24.1. The van der Waals surface area contributed by atoms with E-state index in [1.54, 1.807) is 12.1 Å². The quantitative estimate of drug-likeness (QED) is 0.143. The first kappa shape index (κ1) is 33.2. The van der Waals surface area contributed by atoms with Crippen LogP contribution in [0.25, 0.3) is 0 Å². The Bertz CT molecular complexity index is 1340. The normalized spacial score (nSPS) is 13.6. The van der Waals surface area contributed by atoms with Crippen LogP contribution in [0.2, 0.25) is 0 Å². The Labute approximate surface area is 256 Å². The van der Waals surface area contributed by atoms with Gasteiger partial charge >= 0.3 is 0 Å². The van der Waals surface area contributed by atoms with Crippen molar-refractivity contribution in [3.63, 3.8) is 0 Å². The number of primary amides is 1. The molecule has 4 atom stereocenters. The van der Waals surface area contributed by atoms with Crippen molar-refractivity contribution in [3.8, 4) is 5.75 Å². The van der Waals surface area contributed by atoms with E-state index in [0.29, 0.717) is 11.3 Å². The van der Waals surface area contributed by atoms with Gasteiger partial charge in [-0.25, -0.2) is 0 Å². The second kappa shape index (κ2) is 16.9. The molecular weight excluding hydrogens is 566 g/mol. The lowest BCUT2D eigenvalue weighted by Crippen LogP contribution is -2.58. The molecule has 4 amide bonds. The lowest BCUT2D eigenvalue weighted by Gasteiger charge is -2.25. The van der Waals surface area contributed by atoms with E-state index < -0.39 is 47.8 Å². The number of benzene rings is 3. The van der Waals surface area contributed by atoms with Gasteiger partial charge in [0.2, 0.25) is 23.6 Å². The van der Waals surface area contributed by atoms with Crippen LogP contribution in [-0.4, -0.2) is 64.9 Å².